The molecule has 0 amide bonds. The predicted octanol–water partition coefficient (Wildman–Crippen LogP) is 4.38. The van der Waals surface area contributed by atoms with Gasteiger partial charge in [0.1, 0.15) is 15.0 Å². The number of thiocarbonyl (C=S) groups is 1. The van der Waals surface area contributed by atoms with Gasteiger partial charge >= 0.3 is 0 Å². The molecule has 2 aromatic carbocycles. The smallest absolute Gasteiger partial charge is 0.203 e. The molecule has 2 aromatic rings. The van der Waals surface area contributed by atoms with E-state index in [9.17, 15) is 9.90 Å². The summed E-state index contributed by atoms with van der Waals surface area (Å²) in [6, 6.07) is 17.9. The van der Waals surface area contributed by atoms with Crippen molar-refractivity contribution in [2.45, 2.75) is 0 Å². The standard InChI is InChI=1S/C18H17NO2S2/c1-19(2)18(22)23-17(15(20)13-9-5-3-6-10-13)16(21)14-11-7-4-8-12-14/h3-12,20H,1-2H3/b17-15-. The van der Waals surface area contributed by atoms with Gasteiger partial charge in [-0.1, -0.05) is 84.6 Å². The summed E-state index contributed by atoms with van der Waals surface area (Å²) < 4.78 is 0.506. The molecule has 23 heavy (non-hydrogen) atoms. The highest BCUT2D eigenvalue weighted by atomic mass is 32.2. The Morgan fingerprint density at radius 1 is 0.957 bits per heavy atom. The summed E-state index contributed by atoms with van der Waals surface area (Å²) in [5.41, 5.74) is 1.10. The van der Waals surface area contributed by atoms with E-state index in [1.54, 1.807) is 55.4 Å². The quantitative estimate of drug-likeness (QED) is 0.386. The van der Waals surface area contributed by atoms with Crippen LogP contribution < -0.4 is 0 Å². The lowest BCUT2D eigenvalue weighted by molar-refractivity contribution is 0.104. The van der Waals surface area contributed by atoms with E-state index in [2.05, 4.69) is 0 Å². The maximum absolute atomic E-state index is 12.8. The Kier molecular flexibility index (Phi) is 5.96. The lowest BCUT2D eigenvalue weighted by Crippen LogP contribution is -2.18. The molecule has 0 atom stereocenters. The van der Waals surface area contributed by atoms with Crippen LogP contribution in [0.5, 0.6) is 0 Å². The van der Waals surface area contributed by atoms with Crippen LogP contribution in [0.2, 0.25) is 0 Å². The number of aliphatic hydroxyl groups is 1. The van der Waals surface area contributed by atoms with Gasteiger partial charge < -0.3 is 10.0 Å². The second-order valence-corrected chi connectivity index (χ2v) is 6.65. The Balaban J connectivity index is 2.48. The summed E-state index contributed by atoms with van der Waals surface area (Å²) in [5.74, 6) is -0.310. The molecule has 0 saturated carbocycles. The first-order valence-electron chi connectivity index (χ1n) is 6.98. The van der Waals surface area contributed by atoms with Crippen molar-refractivity contribution < 1.29 is 9.90 Å². The molecule has 0 aliphatic carbocycles. The molecule has 0 aromatic heterocycles. The summed E-state index contributed by atoms with van der Waals surface area (Å²) >= 11 is 6.38. The molecule has 0 aliphatic heterocycles. The van der Waals surface area contributed by atoms with Crippen molar-refractivity contribution in [2.24, 2.45) is 0 Å². The number of carbonyl (C=O) groups is 1. The number of ketones is 1. The van der Waals surface area contributed by atoms with Crippen molar-refractivity contribution in [3.05, 3.63) is 76.7 Å². The first-order valence-corrected chi connectivity index (χ1v) is 8.20. The minimum Gasteiger partial charge on any atom is -0.506 e. The average Bonchev–Trinajstić information content (AvgIpc) is 2.59. The predicted molar refractivity (Wildman–Crippen MR) is 101 cm³/mol. The number of hydrogen-bond acceptors (Lipinski definition) is 4. The number of nitrogens with zero attached hydrogens (tertiary/aromatic N) is 1. The molecule has 1 N–H and O–H groups in total. The normalized spacial score (nSPS) is 11.6. The summed E-state index contributed by atoms with van der Waals surface area (Å²) in [7, 11) is 3.61. The number of rotatable bonds is 4. The Bertz CT molecular complexity index is 725. The third kappa shape index (κ3) is 4.43. The summed E-state index contributed by atoms with van der Waals surface area (Å²) in [5, 5.41) is 10.6. The maximum Gasteiger partial charge on any atom is 0.203 e. The second kappa shape index (κ2) is 7.94. The minimum atomic E-state index is -0.249. The zero-order valence-corrected chi connectivity index (χ0v) is 14.5. The highest BCUT2D eigenvalue weighted by Crippen LogP contribution is 2.30. The average molecular weight is 343 g/mol. The van der Waals surface area contributed by atoms with Gasteiger partial charge in [-0.05, 0) is 0 Å². The lowest BCUT2D eigenvalue weighted by Gasteiger charge is -2.15. The van der Waals surface area contributed by atoms with E-state index >= 15 is 0 Å². The van der Waals surface area contributed by atoms with Gasteiger partial charge in [-0.3, -0.25) is 4.79 Å². The Morgan fingerprint density at radius 3 is 1.91 bits per heavy atom. The van der Waals surface area contributed by atoms with Crippen LogP contribution in [-0.4, -0.2) is 34.2 Å². The van der Waals surface area contributed by atoms with Crippen molar-refractivity contribution in [1.29, 1.82) is 0 Å². The largest absolute Gasteiger partial charge is 0.506 e. The van der Waals surface area contributed by atoms with Crippen molar-refractivity contribution in [3.8, 4) is 0 Å². The van der Waals surface area contributed by atoms with Crippen LogP contribution in [0.25, 0.3) is 5.76 Å². The molecule has 118 valence electrons. The Labute approximate surface area is 145 Å². The van der Waals surface area contributed by atoms with Gasteiger partial charge in [0, 0.05) is 25.2 Å². The van der Waals surface area contributed by atoms with Gasteiger partial charge in [0.2, 0.25) is 5.78 Å². The minimum absolute atomic E-state index is 0.0614. The fourth-order valence-corrected chi connectivity index (χ4v) is 2.86. The summed E-state index contributed by atoms with van der Waals surface area (Å²) in [6.45, 7) is 0. The van der Waals surface area contributed by atoms with E-state index in [4.69, 9.17) is 12.2 Å². The van der Waals surface area contributed by atoms with Crippen LogP contribution in [0.1, 0.15) is 15.9 Å². The zero-order chi connectivity index (χ0) is 16.8. The third-order valence-corrected chi connectivity index (χ3v) is 4.80. The fraction of sp³-hybridized carbons (Fsp3) is 0.111. The van der Waals surface area contributed by atoms with E-state index in [1.807, 2.05) is 24.3 Å². The van der Waals surface area contributed by atoms with E-state index in [0.717, 1.165) is 11.8 Å². The topological polar surface area (TPSA) is 40.5 Å². The van der Waals surface area contributed by atoms with Gasteiger partial charge in [0.05, 0.1) is 0 Å². The van der Waals surface area contributed by atoms with E-state index in [1.165, 1.54) is 0 Å². The number of Topliss-reactive ketones (excluding diaryl/α,β-unsaturated/α-hetero) is 1. The molecule has 0 spiro atoms. The molecule has 0 heterocycles. The molecular formula is C18H17NO2S2. The van der Waals surface area contributed by atoms with Crippen LogP contribution in [-0.2, 0) is 0 Å². The van der Waals surface area contributed by atoms with Crippen LogP contribution >= 0.6 is 24.0 Å². The van der Waals surface area contributed by atoms with Gasteiger partial charge in [0.15, 0.2) is 0 Å². The molecule has 0 bridgehead atoms. The first kappa shape index (κ1) is 17.2. The van der Waals surface area contributed by atoms with Crippen molar-refractivity contribution >= 4 is 39.8 Å². The first-order chi connectivity index (χ1) is 11.0. The van der Waals surface area contributed by atoms with E-state index in [0.29, 0.717) is 15.4 Å². The maximum atomic E-state index is 12.8. The lowest BCUT2D eigenvalue weighted by atomic mass is 10.1. The fourth-order valence-electron chi connectivity index (χ4n) is 1.83. The van der Waals surface area contributed by atoms with Gasteiger partial charge in [0.25, 0.3) is 0 Å². The monoisotopic (exact) mass is 343 g/mol. The number of benzene rings is 2. The number of allylic oxidation sites excluding steroid dienone is 1. The van der Waals surface area contributed by atoms with E-state index < -0.39 is 0 Å². The SMILES string of the molecule is CN(C)C(=S)S/C(C(=O)c1ccccc1)=C(\O)c1ccccc1. The zero-order valence-electron chi connectivity index (χ0n) is 12.9. The van der Waals surface area contributed by atoms with Gasteiger partial charge in [-0.25, -0.2) is 0 Å². The number of hydrogen-bond donors (Lipinski definition) is 1. The van der Waals surface area contributed by atoms with Crippen molar-refractivity contribution in [1.82, 2.24) is 4.90 Å². The summed E-state index contributed by atoms with van der Waals surface area (Å²) in [4.78, 5) is 14.8. The number of aliphatic hydroxyl groups excluding tert-OH is 1. The Hall–Kier alpha value is -2.11. The van der Waals surface area contributed by atoms with Crippen LogP contribution in [0.4, 0.5) is 0 Å². The molecule has 0 aliphatic rings. The molecule has 0 saturated heterocycles. The molecule has 0 radical (unpaired) electrons. The highest BCUT2D eigenvalue weighted by Gasteiger charge is 2.21. The Morgan fingerprint density at radius 2 is 1.43 bits per heavy atom. The molecule has 3 nitrogen and oxygen atoms in total. The number of carbonyl (C=O) groups excluding carboxylic acids is 1. The van der Waals surface area contributed by atoms with Crippen molar-refractivity contribution in [3.63, 3.8) is 0 Å². The molecule has 5 heteroatoms. The van der Waals surface area contributed by atoms with Crippen molar-refractivity contribution in [2.75, 3.05) is 14.1 Å². The van der Waals surface area contributed by atoms with Gasteiger partial charge in [-0.15, -0.1) is 0 Å². The van der Waals surface area contributed by atoms with E-state index in [-0.39, 0.29) is 16.4 Å². The van der Waals surface area contributed by atoms with Gasteiger partial charge in [-0.2, -0.15) is 0 Å². The molecule has 2 rings (SSSR count). The van der Waals surface area contributed by atoms with Crippen LogP contribution in [0.3, 0.4) is 0 Å². The van der Waals surface area contributed by atoms with Crippen LogP contribution in [0.15, 0.2) is 65.6 Å². The number of thioether (sulfide) groups is 1. The molecule has 0 unspecified atom stereocenters. The second-order valence-electron chi connectivity index (χ2n) is 5.00. The third-order valence-electron chi connectivity index (χ3n) is 3.06. The highest BCUT2D eigenvalue weighted by molar-refractivity contribution is 8.26. The molecular weight excluding hydrogens is 326 g/mol. The van der Waals surface area contributed by atoms with Crippen LogP contribution in [0, 0.1) is 0 Å². The molecule has 0 fully saturated rings. The summed E-state index contributed by atoms with van der Waals surface area (Å²) in [6.07, 6.45) is 0.